The Hall–Kier alpha value is -1.63. The van der Waals surface area contributed by atoms with Gasteiger partial charge in [0, 0.05) is 49.9 Å². The van der Waals surface area contributed by atoms with Crippen LogP contribution < -0.4 is 5.32 Å². The summed E-state index contributed by atoms with van der Waals surface area (Å²) in [5, 5.41) is 6.68. The molecule has 1 aromatic rings. The van der Waals surface area contributed by atoms with E-state index in [9.17, 15) is 4.79 Å². The van der Waals surface area contributed by atoms with Crippen LogP contribution in [0.5, 0.6) is 0 Å². The van der Waals surface area contributed by atoms with Crippen molar-refractivity contribution in [3.05, 3.63) is 16.1 Å². The van der Waals surface area contributed by atoms with Gasteiger partial charge in [-0.1, -0.05) is 20.8 Å². The maximum atomic E-state index is 12.3. The highest BCUT2D eigenvalue weighted by Crippen LogP contribution is 2.28. The van der Waals surface area contributed by atoms with Gasteiger partial charge < -0.3 is 15.1 Å². The molecule has 0 atom stereocenters. The summed E-state index contributed by atoms with van der Waals surface area (Å²) < 4.78 is 0. The molecule has 1 saturated heterocycles. The minimum absolute atomic E-state index is 0.0970. The van der Waals surface area contributed by atoms with Gasteiger partial charge in [-0.25, -0.2) is 4.98 Å². The number of hydrogen-bond donors (Lipinski definition) is 1. The number of nitrogens with zero attached hydrogens (tertiary/aromatic N) is 4. The van der Waals surface area contributed by atoms with Crippen molar-refractivity contribution in [1.82, 2.24) is 20.1 Å². The van der Waals surface area contributed by atoms with E-state index in [1.165, 1.54) is 12.8 Å². The molecule has 2 heterocycles. The second-order valence-corrected chi connectivity index (χ2v) is 8.78. The van der Waals surface area contributed by atoms with Gasteiger partial charge in [0.25, 0.3) is 0 Å². The van der Waals surface area contributed by atoms with Gasteiger partial charge >= 0.3 is 0 Å². The summed E-state index contributed by atoms with van der Waals surface area (Å²) >= 11 is 1.72. The number of hydrogen-bond acceptors (Lipinski definition) is 4. The number of aliphatic imine (C=N–C) groups is 1. The fourth-order valence-corrected chi connectivity index (χ4v) is 4.05. The van der Waals surface area contributed by atoms with Crippen molar-refractivity contribution in [2.45, 2.75) is 51.5 Å². The molecule has 1 N–H and O–H groups in total. The molecule has 25 heavy (non-hydrogen) atoms. The number of rotatable bonds is 4. The van der Waals surface area contributed by atoms with Crippen LogP contribution in [0, 0.1) is 0 Å². The minimum Gasteiger partial charge on any atom is -0.356 e. The zero-order valence-electron chi connectivity index (χ0n) is 15.7. The van der Waals surface area contributed by atoms with E-state index >= 15 is 0 Å². The number of piperazine rings is 1. The number of carbonyl (C=O) groups excluding carboxylic acids is 1. The highest BCUT2D eigenvalue weighted by Gasteiger charge is 2.36. The van der Waals surface area contributed by atoms with Gasteiger partial charge in [0.1, 0.15) is 0 Å². The number of guanidine groups is 1. The molecule has 0 bridgehead atoms. The molecular formula is C18H29N5OS. The van der Waals surface area contributed by atoms with E-state index in [1.54, 1.807) is 18.4 Å². The largest absolute Gasteiger partial charge is 0.356 e. The lowest BCUT2D eigenvalue weighted by molar-refractivity contribution is -0.135. The summed E-state index contributed by atoms with van der Waals surface area (Å²) in [7, 11) is 1.78. The molecule has 6 nitrogen and oxygen atoms in total. The van der Waals surface area contributed by atoms with E-state index in [0.29, 0.717) is 12.6 Å². The predicted molar refractivity (Wildman–Crippen MR) is 102 cm³/mol. The third-order valence-electron chi connectivity index (χ3n) is 4.70. The van der Waals surface area contributed by atoms with Gasteiger partial charge in [-0.3, -0.25) is 9.79 Å². The van der Waals surface area contributed by atoms with E-state index in [1.807, 2.05) is 4.90 Å². The molecular weight excluding hydrogens is 334 g/mol. The van der Waals surface area contributed by atoms with E-state index in [4.69, 9.17) is 4.98 Å². The Labute approximate surface area is 154 Å². The van der Waals surface area contributed by atoms with Crippen molar-refractivity contribution in [2.75, 3.05) is 33.2 Å². The van der Waals surface area contributed by atoms with Crippen LogP contribution >= 0.6 is 11.3 Å². The minimum atomic E-state index is 0.0970. The first kappa shape index (κ1) is 18.2. The number of nitrogens with one attached hydrogen (secondary N) is 1. The molecule has 0 radical (unpaired) electrons. The Morgan fingerprint density at radius 1 is 1.40 bits per heavy atom. The normalized spacial score (nSPS) is 19.5. The van der Waals surface area contributed by atoms with Crippen molar-refractivity contribution < 1.29 is 4.79 Å². The lowest BCUT2D eigenvalue weighted by atomic mass is 9.93. The number of amides is 1. The highest BCUT2D eigenvalue weighted by molar-refractivity contribution is 7.09. The topological polar surface area (TPSA) is 60.8 Å². The molecule has 0 unspecified atom stereocenters. The average molecular weight is 364 g/mol. The molecule has 1 amide bonds. The monoisotopic (exact) mass is 363 g/mol. The fourth-order valence-electron chi connectivity index (χ4n) is 3.02. The summed E-state index contributed by atoms with van der Waals surface area (Å²) in [5.41, 5.74) is 1.25. The molecule has 0 aromatic carbocycles. The van der Waals surface area contributed by atoms with Crippen LogP contribution in [0.25, 0.3) is 0 Å². The molecule has 2 fully saturated rings. The van der Waals surface area contributed by atoms with Crippen LogP contribution in [0.4, 0.5) is 0 Å². The molecule has 1 saturated carbocycles. The maximum absolute atomic E-state index is 12.3. The van der Waals surface area contributed by atoms with Crippen LogP contribution in [0.1, 0.15) is 44.3 Å². The summed E-state index contributed by atoms with van der Waals surface area (Å²) in [4.78, 5) is 25.5. The van der Waals surface area contributed by atoms with Crippen LogP contribution in [0.2, 0.25) is 0 Å². The molecule has 1 aliphatic carbocycles. The summed E-state index contributed by atoms with van der Waals surface area (Å²) in [5.74, 6) is 1.04. The second kappa shape index (κ2) is 7.32. The quantitative estimate of drug-likeness (QED) is 0.655. The van der Waals surface area contributed by atoms with Crippen molar-refractivity contribution in [2.24, 2.45) is 4.99 Å². The molecule has 7 heteroatoms. The van der Waals surface area contributed by atoms with Gasteiger partial charge in [0.05, 0.1) is 17.2 Å². The first-order valence-corrected chi connectivity index (χ1v) is 9.96. The SMILES string of the molecule is CN=C(NCCc1nc(C(C)(C)C)cs1)N1CCN(C2CC2)C(=O)C1. The average Bonchev–Trinajstić information content (AvgIpc) is 3.27. The van der Waals surface area contributed by atoms with Gasteiger partial charge in [0.15, 0.2) is 5.96 Å². The molecule has 138 valence electrons. The van der Waals surface area contributed by atoms with Gasteiger partial charge in [-0.15, -0.1) is 11.3 Å². The highest BCUT2D eigenvalue weighted by atomic mass is 32.1. The van der Waals surface area contributed by atoms with Gasteiger partial charge in [-0.2, -0.15) is 0 Å². The van der Waals surface area contributed by atoms with Crippen molar-refractivity contribution in [3.8, 4) is 0 Å². The number of carbonyl (C=O) groups is 1. The van der Waals surface area contributed by atoms with Crippen molar-refractivity contribution in [1.29, 1.82) is 0 Å². The molecule has 0 spiro atoms. The Morgan fingerprint density at radius 3 is 2.72 bits per heavy atom. The first-order valence-electron chi connectivity index (χ1n) is 9.08. The zero-order valence-corrected chi connectivity index (χ0v) is 16.5. The maximum Gasteiger partial charge on any atom is 0.242 e. The molecule has 1 aliphatic heterocycles. The van der Waals surface area contributed by atoms with Crippen LogP contribution in [-0.2, 0) is 16.6 Å². The number of aromatic nitrogens is 1. The third kappa shape index (κ3) is 4.51. The predicted octanol–water partition coefficient (Wildman–Crippen LogP) is 1.87. The molecule has 3 rings (SSSR count). The van der Waals surface area contributed by atoms with Gasteiger partial charge in [0.2, 0.25) is 5.91 Å². The first-order chi connectivity index (χ1) is 11.9. The van der Waals surface area contributed by atoms with Crippen molar-refractivity contribution in [3.63, 3.8) is 0 Å². The number of thiazole rings is 1. The standard InChI is InChI=1S/C18H29N5OS/c1-18(2,3)14-12-25-15(21-14)7-8-20-17(19-4)22-9-10-23(13-5-6-13)16(24)11-22/h12-13H,5-11H2,1-4H3,(H,19,20). The Bertz CT molecular complexity index is 644. The van der Waals surface area contributed by atoms with E-state index < -0.39 is 0 Å². The van der Waals surface area contributed by atoms with E-state index in [-0.39, 0.29) is 11.3 Å². The smallest absolute Gasteiger partial charge is 0.242 e. The Morgan fingerprint density at radius 2 is 2.16 bits per heavy atom. The Balaban J connectivity index is 1.48. The van der Waals surface area contributed by atoms with E-state index in [2.05, 4.69) is 41.4 Å². The van der Waals surface area contributed by atoms with Crippen LogP contribution in [0.15, 0.2) is 10.4 Å². The lowest BCUT2D eigenvalue weighted by Gasteiger charge is -2.36. The zero-order chi connectivity index (χ0) is 18.0. The lowest BCUT2D eigenvalue weighted by Crippen LogP contribution is -2.55. The summed E-state index contributed by atoms with van der Waals surface area (Å²) in [6.45, 7) is 9.43. The van der Waals surface area contributed by atoms with Crippen LogP contribution in [-0.4, -0.2) is 65.9 Å². The van der Waals surface area contributed by atoms with Gasteiger partial charge in [-0.05, 0) is 12.8 Å². The fraction of sp³-hybridized carbons (Fsp3) is 0.722. The van der Waals surface area contributed by atoms with Crippen molar-refractivity contribution >= 4 is 23.2 Å². The Kier molecular flexibility index (Phi) is 5.32. The molecule has 1 aromatic heterocycles. The summed E-state index contributed by atoms with van der Waals surface area (Å²) in [6.07, 6.45) is 3.21. The van der Waals surface area contributed by atoms with Crippen LogP contribution in [0.3, 0.4) is 0 Å². The second-order valence-electron chi connectivity index (χ2n) is 7.84. The third-order valence-corrected chi connectivity index (χ3v) is 5.61. The van der Waals surface area contributed by atoms with E-state index in [0.717, 1.165) is 42.7 Å². The summed E-state index contributed by atoms with van der Waals surface area (Å²) in [6, 6.07) is 0.506. The molecule has 2 aliphatic rings.